The van der Waals surface area contributed by atoms with E-state index < -0.39 is 0 Å². The Balaban J connectivity index is 1.96. The summed E-state index contributed by atoms with van der Waals surface area (Å²) >= 11 is 6.75. The van der Waals surface area contributed by atoms with Crippen LogP contribution in [0.4, 0.5) is 5.69 Å². The van der Waals surface area contributed by atoms with Crippen LogP contribution in [0.2, 0.25) is 0 Å². The average Bonchev–Trinajstić information content (AvgIpc) is 2.99. The van der Waals surface area contributed by atoms with Crippen molar-refractivity contribution in [3.63, 3.8) is 0 Å². The van der Waals surface area contributed by atoms with Gasteiger partial charge in [-0.05, 0) is 55.3 Å². The van der Waals surface area contributed by atoms with Crippen molar-refractivity contribution in [3.05, 3.63) is 58.3 Å². The van der Waals surface area contributed by atoms with Crippen molar-refractivity contribution in [2.24, 2.45) is 7.05 Å². The predicted molar refractivity (Wildman–Crippen MR) is 97.0 cm³/mol. The molecule has 1 saturated heterocycles. The summed E-state index contributed by atoms with van der Waals surface area (Å²) in [5.74, 6) is -0.0561. The number of hydrogen-bond donors (Lipinski definition) is 0. The van der Waals surface area contributed by atoms with Gasteiger partial charge in [0, 0.05) is 18.9 Å². The number of aromatic nitrogens is 1. The molecule has 1 amide bonds. The minimum Gasteiger partial charge on any atom is -0.351 e. The summed E-state index contributed by atoms with van der Waals surface area (Å²) in [6, 6.07) is 9.90. The lowest BCUT2D eigenvalue weighted by Crippen LogP contribution is -2.27. The molecule has 0 unspecified atom stereocenters. The highest BCUT2D eigenvalue weighted by Crippen LogP contribution is 2.36. The van der Waals surface area contributed by atoms with Gasteiger partial charge in [0.1, 0.15) is 0 Å². The van der Waals surface area contributed by atoms with Gasteiger partial charge in [0.2, 0.25) is 0 Å². The van der Waals surface area contributed by atoms with E-state index >= 15 is 0 Å². The Labute approximate surface area is 139 Å². The molecule has 0 aliphatic carbocycles. The Morgan fingerprint density at radius 1 is 1.18 bits per heavy atom. The molecule has 1 fully saturated rings. The average molecular weight is 328 g/mol. The first-order chi connectivity index (χ1) is 10.5. The van der Waals surface area contributed by atoms with Gasteiger partial charge in [-0.25, -0.2) is 0 Å². The van der Waals surface area contributed by atoms with Crippen molar-refractivity contribution in [2.45, 2.75) is 13.8 Å². The van der Waals surface area contributed by atoms with Crippen molar-refractivity contribution in [1.29, 1.82) is 0 Å². The highest BCUT2D eigenvalue weighted by molar-refractivity contribution is 8.27. The third-order valence-corrected chi connectivity index (χ3v) is 5.11. The van der Waals surface area contributed by atoms with E-state index in [1.807, 2.05) is 61.1 Å². The van der Waals surface area contributed by atoms with Crippen molar-refractivity contribution in [2.75, 3.05) is 4.90 Å². The lowest BCUT2D eigenvalue weighted by Gasteiger charge is -2.15. The third-order valence-electron chi connectivity index (χ3n) is 3.81. The van der Waals surface area contributed by atoms with Gasteiger partial charge in [-0.2, -0.15) is 0 Å². The van der Waals surface area contributed by atoms with E-state index in [4.69, 9.17) is 12.2 Å². The van der Waals surface area contributed by atoms with Crippen LogP contribution < -0.4 is 4.90 Å². The van der Waals surface area contributed by atoms with E-state index in [9.17, 15) is 4.79 Å². The van der Waals surface area contributed by atoms with Gasteiger partial charge >= 0.3 is 0 Å². The number of anilines is 1. The van der Waals surface area contributed by atoms with Gasteiger partial charge in [-0.15, -0.1) is 0 Å². The van der Waals surface area contributed by atoms with Crippen LogP contribution >= 0.6 is 24.0 Å². The molecular formula is C17H16N2OS2. The maximum atomic E-state index is 12.7. The second-order valence-corrected chi connectivity index (χ2v) is 7.01. The number of rotatable bonds is 2. The maximum Gasteiger partial charge on any atom is 0.270 e. The number of carbonyl (C=O) groups is 1. The zero-order valence-electron chi connectivity index (χ0n) is 12.7. The molecule has 1 aliphatic heterocycles. The molecule has 2 aromatic rings. The Morgan fingerprint density at radius 2 is 1.95 bits per heavy atom. The summed E-state index contributed by atoms with van der Waals surface area (Å²) in [7, 11) is 1.95. The predicted octanol–water partition coefficient (Wildman–Crippen LogP) is 4.05. The zero-order chi connectivity index (χ0) is 15.9. The second-order valence-electron chi connectivity index (χ2n) is 5.33. The van der Waals surface area contributed by atoms with Gasteiger partial charge in [-0.3, -0.25) is 9.69 Å². The minimum absolute atomic E-state index is 0.0561. The van der Waals surface area contributed by atoms with Gasteiger partial charge in [-0.1, -0.05) is 30.0 Å². The summed E-state index contributed by atoms with van der Waals surface area (Å²) in [6.07, 6.45) is 3.84. The van der Waals surface area contributed by atoms with Crippen molar-refractivity contribution in [1.82, 2.24) is 4.57 Å². The van der Waals surface area contributed by atoms with Crippen LogP contribution in [0.1, 0.15) is 16.8 Å². The monoisotopic (exact) mass is 328 g/mol. The van der Waals surface area contributed by atoms with Crippen LogP contribution in [0, 0.1) is 13.8 Å². The quantitative estimate of drug-likeness (QED) is 0.614. The van der Waals surface area contributed by atoms with E-state index in [-0.39, 0.29) is 5.91 Å². The molecule has 112 valence electrons. The van der Waals surface area contributed by atoms with Crippen LogP contribution in [0.15, 0.2) is 41.4 Å². The molecule has 0 saturated carbocycles. The highest BCUT2D eigenvalue weighted by atomic mass is 32.2. The molecule has 0 spiro atoms. The van der Waals surface area contributed by atoms with E-state index in [1.165, 1.54) is 17.3 Å². The Kier molecular flexibility index (Phi) is 3.93. The molecule has 22 heavy (non-hydrogen) atoms. The molecule has 0 radical (unpaired) electrons. The van der Waals surface area contributed by atoms with Gasteiger partial charge in [0.25, 0.3) is 5.91 Å². The third kappa shape index (κ3) is 2.62. The van der Waals surface area contributed by atoms with Crippen molar-refractivity contribution < 1.29 is 4.79 Å². The molecule has 1 aromatic heterocycles. The number of thiocarbonyl (C=S) groups is 1. The Hall–Kier alpha value is -1.85. The van der Waals surface area contributed by atoms with Gasteiger partial charge in [0.05, 0.1) is 10.6 Å². The first-order valence-corrected chi connectivity index (χ1v) is 8.16. The summed E-state index contributed by atoms with van der Waals surface area (Å²) < 4.78 is 2.55. The summed E-state index contributed by atoms with van der Waals surface area (Å²) in [5, 5.41) is 0. The molecule has 0 N–H and O–H groups in total. The van der Waals surface area contributed by atoms with Crippen LogP contribution in [0.25, 0.3) is 6.08 Å². The largest absolute Gasteiger partial charge is 0.351 e. The van der Waals surface area contributed by atoms with Crippen LogP contribution in [-0.2, 0) is 11.8 Å². The first-order valence-electron chi connectivity index (χ1n) is 6.94. The lowest BCUT2D eigenvalue weighted by atomic mass is 10.1. The van der Waals surface area contributed by atoms with Crippen LogP contribution in [-0.4, -0.2) is 14.8 Å². The maximum absolute atomic E-state index is 12.7. The highest BCUT2D eigenvalue weighted by Gasteiger charge is 2.33. The standard InChI is InChI=1S/C17H16N2OS2/c1-11-6-7-14(9-12(11)2)19-16(20)15(22-17(19)21)10-13-5-4-8-18(13)3/h4-10H,1-3H3/b15-10-. The topological polar surface area (TPSA) is 25.2 Å². The fourth-order valence-electron chi connectivity index (χ4n) is 2.31. The first kappa shape index (κ1) is 15.1. The number of aryl methyl sites for hydroxylation is 3. The summed E-state index contributed by atoms with van der Waals surface area (Å²) in [4.78, 5) is 15.0. The molecular weight excluding hydrogens is 312 g/mol. The number of benzene rings is 1. The molecule has 1 aliphatic rings. The van der Waals surface area contributed by atoms with E-state index in [2.05, 4.69) is 6.92 Å². The van der Waals surface area contributed by atoms with Crippen molar-refractivity contribution in [3.8, 4) is 0 Å². The molecule has 3 rings (SSSR count). The summed E-state index contributed by atoms with van der Waals surface area (Å²) in [5.41, 5.74) is 4.17. The normalized spacial score (nSPS) is 16.9. The van der Waals surface area contributed by atoms with E-state index in [0.29, 0.717) is 9.23 Å². The Bertz CT molecular complexity index is 805. The molecule has 0 bridgehead atoms. The molecule has 0 atom stereocenters. The number of carbonyl (C=O) groups excluding carboxylic acids is 1. The van der Waals surface area contributed by atoms with Crippen LogP contribution in [0.3, 0.4) is 0 Å². The fourth-order valence-corrected chi connectivity index (χ4v) is 3.60. The van der Waals surface area contributed by atoms with E-state index in [1.54, 1.807) is 4.90 Å². The Morgan fingerprint density at radius 3 is 2.59 bits per heavy atom. The molecule has 2 heterocycles. The second kappa shape index (κ2) is 5.74. The number of nitrogens with zero attached hydrogens (tertiary/aromatic N) is 2. The molecule has 3 nitrogen and oxygen atoms in total. The number of hydrogen-bond acceptors (Lipinski definition) is 3. The van der Waals surface area contributed by atoms with Gasteiger partial charge in [0.15, 0.2) is 4.32 Å². The number of thioether (sulfide) groups is 1. The van der Waals surface area contributed by atoms with Gasteiger partial charge < -0.3 is 4.57 Å². The summed E-state index contributed by atoms with van der Waals surface area (Å²) in [6.45, 7) is 4.09. The smallest absolute Gasteiger partial charge is 0.270 e. The number of amides is 1. The zero-order valence-corrected chi connectivity index (χ0v) is 14.3. The van der Waals surface area contributed by atoms with Crippen LogP contribution in [0.5, 0.6) is 0 Å². The van der Waals surface area contributed by atoms with Crippen molar-refractivity contribution >= 4 is 46.0 Å². The minimum atomic E-state index is -0.0561. The fraction of sp³-hybridized carbons (Fsp3) is 0.176. The molecule has 5 heteroatoms. The SMILES string of the molecule is Cc1ccc(N2C(=O)/C(=C/c3cccn3C)SC2=S)cc1C. The lowest BCUT2D eigenvalue weighted by molar-refractivity contribution is -0.113. The van der Waals surface area contributed by atoms with E-state index in [0.717, 1.165) is 16.9 Å². The molecule has 1 aromatic carbocycles.